The van der Waals surface area contributed by atoms with Gasteiger partial charge in [-0.05, 0) is 24.3 Å². The predicted molar refractivity (Wildman–Crippen MR) is 96.9 cm³/mol. The van der Waals surface area contributed by atoms with E-state index in [1.165, 1.54) is 18.2 Å². The lowest BCUT2D eigenvalue weighted by atomic mass is 9.90. The molecule has 1 aromatic heterocycles. The first-order chi connectivity index (χ1) is 13.9. The fourth-order valence-electron chi connectivity index (χ4n) is 2.58. The number of nitrogens with zero attached hydrogens (tertiary/aromatic N) is 3. The minimum Gasteiger partial charge on any atom is -0.445 e. The van der Waals surface area contributed by atoms with Crippen LogP contribution in [0.2, 0.25) is 0 Å². The van der Waals surface area contributed by atoms with Crippen molar-refractivity contribution < 1.29 is 27.4 Å². The summed E-state index contributed by atoms with van der Waals surface area (Å²) in [7, 11) is 0. The Kier molecular flexibility index (Phi) is 5.52. The van der Waals surface area contributed by atoms with E-state index in [1.54, 1.807) is 0 Å². The van der Waals surface area contributed by atoms with Crippen LogP contribution in [0.4, 0.5) is 24.7 Å². The SMILES string of the molecule is NC1=N[C@](CF)(c2cc(NC(=O)c3ncc(OCF)nc3N)ccc2F)C=CO1. The number of ether oxygens (including phenoxy) is 2. The van der Waals surface area contributed by atoms with Crippen LogP contribution in [0.25, 0.3) is 0 Å². The Labute approximate surface area is 162 Å². The number of carbonyl (C=O) groups is 1. The highest BCUT2D eigenvalue weighted by molar-refractivity contribution is 6.05. The van der Waals surface area contributed by atoms with Crippen LogP contribution < -0.4 is 21.5 Å². The molecule has 3 rings (SSSR count). The standard InChI is InChI=1S/C17H15F3N6O3/c18-7-17(3-4-28-16(22)26-17)10-5-9(1-2-11(10)20)24-15(27)13-14(21)25-12(6-23-13)29-8-19/h1-6H,7-8H2,(H2,21,25)(H2,22,26)(H,24,27)/t17-/m1/s1. The molecule has 1 aliphatic heterocycles. The third-order valence-corrected chi connectivity index (χ3v) is 3.93. The van der Waals surface area contributed by atoms with Gasteiger partial charge in [-0.25, -0.2) is 23.1 Å². The Hall–Kier alpha value is -3.83. The maximum Gasteiger partial charge on any atom is 0.288 e. The van der Waals surface area contributed by atoms with Crippen LogP contribution in [0.15, 0.2) is 41.7 Å². The van der Waals surface area contributed by atoms with E-state index in [4.69, 9.17) is 16.2 Å². The van der Waals surface area contributed by atoms with E-state index >= 15 is 0 Å². The van der Waals surface area contributed by atoms with Crippen molar-refractivity contribution in [3.8, 4) is 5.88 Å². The van der Waals surface area contributed by atoms with Crippen molar-refractivity contribution in [2.24, 2.45) is 10.7 Å². The Morgan fingerprint density at radius 1 is 1.31 bits per heavy atom. The number of halogens is 3. The maximum absolute atomic E-state index is 14.4. The molecular weight excluding hydrogens is 393 g/mol. The molecule has 2 aromatic rings. The zero-order chi connectivity index (χ0) is 21.0. The molecule has 1 aliphatic rings. The lowest BCUT2D eigenvalue weighted by Crippen LogP contribution is -2.32. The van der Waals surface area contributed by atoms with E-state index in [1.807, 2.05) is 0 Å². The number of nitrogens with two attached hydrogens (primary N) is 2. The molecule has 0 fully saturated rings. The van der Waals surface area contributed by atoms with Crippen molar-refractivity contribution in [1.82, 2.24) is 9.97 Å². The van der Waals surface area contributed by atoms with Crippen molar-refractivity contribution in [3.63, 3.8) is 0 Å². The zero-order valence-corrected chi connectivity index (χ0v) is 14.7. The van der Waals surface area contributed by atoms with Crippen LogP contribution in [0.3, 0.4) is 0 Å². The normalized spacial score (nSPS) is 18.0. The largest absolute Gasteiger partial charge is 0.445 e. The summed E-state index contributed by atoms with van der Waals surface area (Å²) in [6.45, 7) is -2.24. The van der Waals surface area contributed by atoms with Crippen molar-refractivity contribution in [2.45, 2.75) is 5.54 Å². The van der Waals surface area contributed by atoms with Gasteiger partial charge in [0.25, 0.3) is 11.9 Å². The summed E-state index contributed by atoms with van der Waals surface area (Å²) in [6, 6.07) is 3.15. The first-order valence-electron chi connectivity index (χ1n) is 8.07. The number of hydrogen-bond acceptors (Lipinski definition) is 8. The summed E-state index contributed by atoms with van der Waals surface area (Å²) in [5.41, 5.74) is 9.03. The molecule has 0 saturated heterocycles. The van der Waals surface area contributed by atoms with E-state index in [0.717, 1.165) is 18.5 Å². The van der Waals surface area contributed by atoms with Crippen LogP contribution in [-0.4, -0.2) is 35.4 Å². The highest BCUT2D eigenvalue weighted by atomic mass is 19.1. The van der Waals surface area contributed by atoms with Gasteiger partial charge in [-0.3, -0.25) is 4.79 Å². The fraction of sp³-hybridized carbons (Fsp3) is 0.176. The molecule has 9 nitrogen and oxygen atoms in total. The van der Waals surface area contributed by atoms with E-state index in [0.29, 0.717) is 0 Å². The summed E-state index contributed by atoms with van der Waals surface area (Å²) in [6.07, 6.45) is 3.33. The number of aromatic nitrogens is 2. The van der Waals surface area contributed by atoms with E-state index in [2.05, 4.69) is 25.0 Å². The molecule has 2 heterocycles. The number of nitrogen functional groups attached to an aromatic ring is 1. The molecule has 5 N–H and O–H groups in total. The summed E-state index contributed by atoms with van der Waals surface area (Å²) in [4.78, 5) is 23.7. The molecule has 0 spiro atoms. The van der Waals surface area contributed by atoms with Crippen molar-refractivity contribution in [2.75, 3.05) is 24.6 Å². The molecule has 12 heteroatoms. The van der Waals surface area contributed by atoms with Gasteiger partial charge in [-0.1, -0.05) is 0 Å². The molecule has 0 bridgehead atoms. The minimum atomic E-state index is -1.74. The first-order valence-corrected chi connectivity index (χ1v) is 8.07. The number of aliphatic imine (C=N–C) groups is 1. The number of benzene rings is 1. The number of anilines is 2. The Bertz CT molecular complexity index is 1000. The van der Waals surface area contributed by atoms with Gasteiger partial charge < -0.3 is 26.3 Å². The fourth-order valence-corrected chi connectivity index (χ4v) is 2.58. The summed E-state index contributed by atoms with van der Waals surface area (Å²) >= 11 is 0. The second-order valence-corrected chi connectivity index (χ2v) is 5.77. The van der Waals surface area contributed by atoms with Crippen molar-refractivity contribution >= 4 is 23.4 Å². The van der Waals surface area contributed by atoms with Gasteiger partial charge >= 0.3 is 0 Å². The predicted octanol–water partition coefficient (Wildman–Crippen LogP) is 1.78. The quantitative estimate of drug-likeness (QED) is 0.662. The molecule has 0 radical (unpaired) electrons. The maximum atomic E-state index is 14.4. The molecule has 1 atom stereocenters. The van der Waals surface area contributed by atoms with Crippen molar-refractivity contribution in [3.05, 3.63) is 53.8 Å². The number of carbonyl (C=O) groups excluding carboxylic acids is 1. The molecule has 152 valence electrons. The minimum absolute atomic E-state index is 0.109. The lowest BCUT2D eigenvalue weighted by Gasteiger charge is -2.27. The Balaban J connectivity index is 1.90. The van der Waals surface area contributed by atoms with Gasteiger partial charge in [0.1, 0.15) is 18.0 Å². The van der Waals surface area contributed by atoms with Crippen LogP contribution in [0, 0.1) is 5.82 Å². The number of hydrogen-bond donors (Lipinski definition) is 3. The molecule has 0 aliphatic carbocycles. The zero-order valence-electron chi connectivity index (χ0n) is 14.7. The Morgan fingerprint density at radius 3 is 2.76 bits per heavy atom. The summed E-state index contributed by atoms with van der Waals surface area (Å²) in [5.74, 6) is -2.05. The second-order valence-electron chi connectivity index (χ2n) is 5.77. The monoisotopic (exact) mass is 408 g/mol. The third-order valence-electron chi connectivity index (χ3n) is 3.93. The number of alkyl halides is 2. The summed E-state index contributed by atoms with van der Waals surface area (Å²) < 4.78 is 49.7. The number of rotatable bonds is 6. The third kappa shape index (κ3) is 4.05. The first kappa shape index (κ1) is 19.9. The summed E-state index contributed by atoms with van der Waals surface area (Å²) in [5, 5.41) is 2.45. The van der Waals surface area contributed by atoms with E-state index in [9.17, 15) is 18.0 Å². The van der Waals surface area contributed by atoms with Gasteiger partial charge in [0.2, 0.25) is 12.7 Å². The van der Waals surface area contributed by atoms with Gasteiger partial charge in [0.05, 0.1) is 12.5 Å². The number of nitrogens with one attached hydrogen (secondary N) is 1. The number of amides is 1. The molecular formula is C17H15F3N6O3. The highest BCUT2D eigenvalue weighted by Gasteiger charge is 2.35. The molecule has 0 unspecified atom stereocenters. The molecule has 29 heavy (non-hydrogen) atoms. The van der Waals surface area contributed by atoms with Gasteiger partial charge in [-0.15, -0.1) is 0 Å². The van der Waals surface area contributed by atoms with E-state index < -0.39 is 30.8 Å². The average molecular weight is 408 g/mol. The highest BCUT2D eigenvalue weighted by Crippen LogP contribution is 2.34. The molecule has 1 amide bonds. The van der Waals surface area contributed by atoms with E-state index in [-0.39, 0.29) is 34.7 Å². The smallest absolute Gasteiger partial charge is 0.288 e. The van der Waals surface area contributed by atoms with Crippen LogP contribution >= 0.6 is 0 Å². The molecule has 0 saturated carbocycles. The average Bonchev–Trinajstić information content (AvgIpc) is 2.69. The van der Waals surface area contributed by atoms with Crippen LogP contribution in [-0.2, 0) is 10.3 Å². The molecule has 1 aromatic carbocycles. The van der Waals surface area contributed by atoms with Crippen LogP contribution in [0.1, 0.15) is 16.1 Å². The van der Waals surface area contributed by atoms with Gasteiger partial charge in [0.15, 0.2) is 11.5 Å². The second kappa shape index (κ2) is 8.04. The Morgan fingerprint density at radius 2 is 2.10 bits per heavy atom. The lowest BCUT2D eigenvalue weighted by molar-refractivity contribution is 0.102. The van der Waals surface area contributed by atoms with Gasteiger partial charge in [0, 0.05) is 11.3 Å². The topological polar surface area (TPSA) is 138 Å². The number of amidine groups is 1. The van der Waals surface area contributed by atoms with Crippen molar-refractivity contribution in [1.29, 1.82) is 0 Å². The van der Waals surface area contributed by atoms with Gasteiger partial charge in [-0.2, -0.15) is 4.98 Å². The van der Waals surface area contributed by atoms with Crippen LogP contribution in [0.5, 0.6) is 5.88 Å².